The molecule has 2 aromatic heterocycles. The van der Waals surface area contributed by atoms with Crippen molar-refractivity contribution < 1.29 is 19.1 Å². The number of hydrogen-bond acceptors (Lipinski definition) is 4. The van der Waals surface area contributed by atoms with Crippen molar-refractivity contribution in [2.45, 2.75) is 45.6 Å². The molecule has 1 fully saturated rings. The summed E-state index contributed by atoms with van der Waals surface area (Å²) in [4.78, 5) is 25.7. The first-order valence-electron chi connectivity index (χ1n) is 8.54. The van der Waals surface area contributed by atoms with Gasteiger partial charge in [0.05, 0.1) is 24.2 Å². The molecular weight excluding hydrogens is 322 g/mol. The number of carbonyl (C=O) groups excluding carboxylic acids is 1. The van der Waals surface area contributed by atoms with E-state index in [2.05, 4.69) is 5.10 Å². The van der Waals surface area contributed by atoms with E-state index in [0.717, 1.165) is 18.4 Å². The Labute approximate surface area is 146 Å². The number of aromatic nitrogens is 2. The molecule has 25 heavy (non-hydrogen) atoms. The Morgan fingerprint density at radius 2 is 2.00 bits per heavy atom. The highest BCUT2D eigenvalue weighted by atomic mass is 16.4. The number of likely N-dealkylation sites (tertiary alicyclic amines) is 1. The molecule has 1 saturated heterocycles. The zero-order valence-corrected chi connectivity index (χ0v) is 14.7. The summed E-state index contributed by atoms with van der Waals surface area (Å²) in [6.07, 6.45) is 4.44. The van der Waals surface area contributed by atoms with Crippen LogP contribution in [0.2, 0.25) is 0 Å². The van der Waals surface area contributed by atoms with Gasteiger partial charge in [-0.3, -0.25) is 9.48 Å². The minimum absolute atomic E-state index is 0.0736. The van der Waals surface area contributed by atoms with Crippen molar-refractivity contribution in [2.75, 3.05) is 13.1 Å². The van der Waals surface area contributed by atoms with Gasteiger partial charge < -0.3 is 14.4 Å². The highest BCUT2D eigenvalue weighted by molar-refractivity contribution is 5.93. The van der Waals surface area contributed by atoms with Crippen molar-refractivity contribution in [1.29, 1.82) is 0 Å². The van der Waals surface area contributed by atoms with E-state index in [4.69, 9.17) is 9.52 Å². The summed E-state index contributed by atoms with van der Waals surface area (Å²) in [7, 11) is 0. The monoisotopic (exact) mass is 345 g/mol. The third kappa shape index (κ3) is 3.18. The maximum atomic E-state index is 12.7. The van der Waals surface area contributed by atoms with Gasteiger partial charge in [-0.2, -0.15) is 5.10 Å². The lowest BCUT2D eigenvalue weighted by Gasteiger charge is -2.32. The van der Waals surface area contributed by atoms with Gasteiger partial charge in [-0.25, -0.2) is 4.79 Å². The normalized spacial score (nSPS) is 15.8. The molecule has 1 amide bonds. The molecule has 134 valence electrons. The fraction of sp³-hybridized carbons (Fsp3) is 0.500. The summed E-state index contributed by atoms with van der Waals surface area (Å²) in [5, 5.41) is 13.4. The number of carboxylic acid groups (broad SMARTS) is 1. The highest BCUT2D eigenvalue weighted by Gasteiger charge is 2.29. The van der Waals surface area contributed by atoms with Crippen LogP contribution in [-0.2, 0) is 0 Å². The van der Waals surface area contributed by atoms with Crippen molar-refractivity contribution in [1.82, 2.24) is 14.7 Å². The Balaban J connectivity index is 1.69. The Morgan fingerprint density at radius 1 is 1.32 bits per heavy atom. The molecule has 2 aromatic rings. The molecule has 0 unspecified atom stereocenters. The number of furan rings is 1. The first-order chi connectivity index (χ1) is 11.9. The van der Waals surface area contributed by atoms with Gasteiger partial charge in [0.25, 0.3) is 5.91 Å². The Bertz CT molecular complexity index is 782. The number of rotatable bonds is 4. The van der Waals surface area contributed by atoms with Gasteiger partial charge in [0.1, 0.15) is 5.56 Å². The molecule has 0 saturated carbocycles. The fourth-order valence-electron chi connectivity index (χ4n) is 3.41. The van der Waals surface area contributed by atoms with Crippen LogP contribution in [0.4, 0.5) is 0 Å². The molecule has 0 bridgehead atoms. The Kier molecular flexibility index (Phi) is 4.65. The largest absolute Gasteiger partial charge is 0.478 e. The van der Waals surface area contributed by atoms with E-state index < -0.39 is 5.97 Å². The van der Waals surface area contributed by atoms with Crippen molar-refractivity contribution in [3.63, 3.8) is 0 Å². The van der Waals surface area contributed by atoms with E-state index in [9.17, 15) is 9.59 Å². The second kappa shape index (κ2) is 6.74. The number of aromatic carboxylic acids is 1. The third-order valence-corrected chi connectivity index (χ3v) is 4.88. The molecule has 3 rings (SSSR count). The third-order valence-electron chi connectivity index (χ3n) is 4.88. The van der Waals surface area contributed by atoms with Crippen LogP contribution in [0, 0.1) is 6.92 Å². The zero-order valence-electron chi connectivity index (χ0n) is 14.7. The molecule has 7 heteroatoms. The summed E-state index contributed by atoms with van der Waals surface area (Å²) in [5.41, 5.74) is 1.82. The molecule has 3 heterocycles. The summed E-state index contributed by atoms with van der Waals surface area (Å²) < 4.78 is 7.20. The number of hydrogen-bond donors (Lipinski definition) is 1. The van der Waals surface area contributed by atoms with Crippen LogP contribution >= 0.6 is 0 Å². The summed E-state index contributed by atoms with van der Waals surface area (Å²) in [5.74, 6) is -0.376. The van der Waals surface area contributed by atoms with E-state index >= 15 is 0 Å². The number of piperidine rings is 1. The van der Waals surface area contributed by atoms with E-state index in [1.807, 2.05) is 19.9 Å². The van der Waals surface area contributed by atoms with Gasteiger partial charge >= 0.3 is 5.97 Å². The number of amides is 1. The molecule has 1 aliphatic heterocycles. The van der Waals surface area contributed by atoms with E-state index in [1.54, 1.807) is 22.8 Å². The molecule has 0 aliphatic carbocycles. The lowest BCUT2D eigenvalue weighted by atomic mass is 10.0. The maximum Gasteiger partial charge on any atom is 0.339 e. The van der Waals surface area contributed by atoms with Crippen molar-refractivity contribution in [3.8, 4) is 0 Å². The van der Waals surface area contributed by atoms with Crippen LogP contribution < -0.4 is 0 Å². The molecule has 1 aliphatic rings. The lowest BCUT2D eigenvalue weighted by Crippen LogP contribution is -2.39. The molecule has 0 atom stereocenters. The zero-order chi connectivity index (χ0) is 18.1. The van der Waals surface area contributed by atoms with Crippen molar-refractivity contribution in [3.05, 3.63) is 41.1 Å². The molecule has 0 radical (unpaired) electrons. The van der Waals surface area contributed by atoms with Gasteiger partial charge in [-0.1, -0.05) is 13.8 Å². The van der Waals surface area contributed by atoms with E-state index in [0.29, 0.717) is 24.5 Å². The van der Waals surface area contributed by atoms with Crippen molar-refractivity contribution in [2.24, 2.45) is 0 Å². The first kappa shape index (κ1) is 17.3. The average molecular weight is 345 g/mol. The predicted molar refractivity (Wildman–Crippen MR) is 90.9 cm³/mol. The minimum Gasteiger partial charge on any atom is -0.478 e. The van der Waals surface area contributed by atoms with Crippen LogP contribution in [0.1, 0.15) is 70.8 Å². The molecular formula is C18H23N3O4. The topological polar surface area (TPSA) is 88.6 Å². The Hall–Kier alpha value is -2.57. The quantitative estimate of drug-likeness (QED) is 0.920. The minimum atomic E-state index is -0.963. The van der Waals surface area contributed by atoms with Crippen LogP contribution in [0.5, 0.6) is 0 Å². The van der Waals surface area contributed by atoms with Gasteiger partial charge in [-0.05, 0) is 31.7 Å². The first-order valence-corrected chi connectivity index (χ1v) is 8.54. The second-order valence-electron chi connectivity index (χ2n) is 6.78. The summed E-state index contributed by atoms with van der Waals surface area (Å²) in [6.45, 7) is 7.04. The second-order valence-corrected chi connectivity index (χ2v) is 6.78. The van der Waals surface area contributed by atoms with Crippen LogP contribution in [0.25, 0.3) is 0 Å². The smallest absolute Gasteiger partial charge is 0.339 e. The molecule has 0 aromatic carbocycles. The Morgan fingerprint density at radius 3 is 2.56 bits per heavy atom. The number of carboxylic acids is 1. The van der Waals surface area contributed by atoms with Gasteiger partial charge in [0, 0.05) is 18.7 Å². The number of carbonyl (C=O) groups is 2. The van der Waals surface area contributed by atoms with Gasteiger partial charge in [-0.15, -0.1) is 0 Å². The predicted octanol–water partition coefficient (Wildman–Crippen LogP) is 3.08. The highest BCUT2D eigenvalue weighted by Crippen LogP contribution is 2.27. The van der Waals surface area contributed by atoms with Crippen molar-refractivity contribution >= 4 is 11.9 Å². The number of nitrogens with zero attached hydrogens (tertiary/aromatic N) is 3. The SMILES string of the molecule is Cc1c(C(=O)O)cnn1C1CCN(C(=O)c2occc2C(C)C)CC1. The summed E-state index contributed by atoms with van der Waals surface area (Å²) in [6, 6.07) is 1.96. The maximum absolute atomic E-state index is 12.7. The van der Waals surface area contributed by atoms with Gasteiger partial charge in [0.2, 0.25) is 0 Å². The van der Waals surface area contributed by atoms with Crippen LogP contribution in [0.15, 0.2) is 22.9 Å². The fourth-order valence-corrected chi connectivity index (χ4v) is 3.41. The summed E-state index contributed by atoms with van der Waals surface area (Å²) >= 11 is 0. The standard InChI is InChI=1S/C18H23N3O4/c1-11(2)14-6-9-25-16(14)17(22)20-7-4-13(5-8-20)21-12(3)15(10-19-21)18(23)24/h6,9-11,13H,4-5,7-8H2,1-3H3,(H,23,24). The average Bonchev–Trinajstić information content (AvgIpc) is 3.21. The molecule has 1 N–H and O–H groups in total. The van der Waals surface area contributed by atoms with Crippen LogP contribution in [-0.4, -0.2) is 44.8 Å². The molecule has 7 nitrogen and oxygen atoms in total. The van der Waals surface area contributed by atoms with E-state index in [-0.39, 0.29) is 23.4 Å². The van der Waals surface area contributed by atoms with Gasteiger partial charge in [0.15, 0.2) is 5.76 Å². The molecule has 0 spiro atoms. The lowest BCUT2D eigenvalue weighted by molar-refractivity contribution is 0.0655. The van der Waals surface area contributed by atoms with E-state index in [1.165, 1.54) is 6.20 Å². The van der Waals surface area contributed by atoms with Crippen LogP contribution in [0.3, 0.4) is 0 Å².